The van der Waals surface area contributed by atoms with Crippen LogP contribution in [-0.2, 0) is 13.1 Å². The Bertz CT molecular complexity index is 646. The van der Waals surface area contributed by atoms with Crippen LogP contribution in [0.15, 0.2) is 35.1 Å². The van der Waals surface area contributed by atoms with Gasteiger partial charge >= 0.3 is 0 Å². The lowest BCUT2D eigenvalue weighted by atomic mass is 10.1. The van der Waals surface area contributed by atoms with Gasteiger partial charge in [0.25, 0.3) is 0 Å². The summed E-state index contributed by atoms with van der Waals surface area (Å²) in [4.78, 5) is 4.11. The van der Waals surface area contributed by atoms with Crippen molar-refractivity contribution in [2.24, 2.45) is 0 Å². The van der Waals surface area contributed by atoms with Crippen LogP contribution in [0.1, 0.15) is 16.7 Å². The van der Waals surface area contributed by atoms with E-state index in [1.807, 2.05) is 24.5 Å². The standard InChI is InChI=1S/C16H17BrN2O2/c1-11-8-18-3-2-13(11)10-19-9-12-6-14(17)16-15(7-12)20-4-5-21-16/h2-3,6-8,19H,4-5,9-10H2,1H3. The van der Waals surface area contributed by atoms with Crippen molar-refractivity contribution in [3.8, 4) is 11.5 Å². The van der Waals surface area contributed by atoms with Crippen LogP contribution in [0.2, 0.25) is 0 Å². The minimum Gasteiger partial charge on any atom is -0.486 e. The average Bonchev–Trinajstić information content (AvgIpc) is 2.49. The largest absolute Gasteiger partial charge is 0.486 e. The van der Waals surface area contributed by atoms with Crippen molar-refractivity contribution in [3.05, 3.63) is 51.8 Å². The maximum absolute atomic E-state index is 5.64. The third-order valence-electron chi connectivity index (χ3n) is 3.44. The van der Waals surface area contributed by atoms with Crippen LogP contribution < -0.4 is 14.8 Å². The summed E-state index contributed by atoms with van der Waals surface area (Å²) in [5.41, 5.74) is 3.63. The molecule has 0 amide bonds. The van der Waals surface area contributed by atoms with Crippen molar-refractivity contribution in [1.29, 1.82) is 0 Å². The van der Waals surface area contributed by atoms with Gasteiger partial charge in [-0.3, -0.25) is 4.98 Å². The van der Waals surface area contributed by atoms with Gasteiger partial charge in [0.05, 0.1) is 4.47 Å². The summed E-state index contributed by atoms with van der Waals surface area (Å²) in [5, 5.41) is 3.45. The summed E-state index contributed by atoms with van der Waals surface area (Å²) >= 11 is 3.54. The molecule has 0 atom stereocenters. The highest BCUT2D eigenvalue weighted by molar-refractivity contribution is 9.10. The molecule has 0 saturated carbocycles. The number of nitrogens with one attached hydrogen (secondary N) is 1. The molecule has 1 aliphatic heterocycles. The van der Waals surface area contributed by atoms with E-state index in [1.165, 1.54) is 11.1 Å². The molecule has 1 aromatic heterocycles. The lowest BCUT2D eigenvalue weighted by Gasteiger charge is -2.20. The van der Waals surface area contributed by atoms with Gasteiger partial charge in [-0.15, -0.1) is 0 Å². The molecule has 2 aromatic rings. The minimum absolute atomic E-state index is 0.602. The van der Waals surface area contributed by atoms with E-state index < -0.39 is 0 Å². The van der Waals surface area contributed by atoms with Gasteiger partial charge in [-0.05, 0) is 57.7 Å². The van der Waals surface area contributed by atoms with Gasteiger partial charge in [-0.25, -0.2) is 0 Å². The first-order valence-corrected chi connectivity index (χ1v) is 7.71. The molecule has 3 rings (SSSR count). The van der Waals surface area contributed by atoms with E-state index >= 15 is 0 Å². The van der Waals surface area contributed by atoms with E-state index in [2.05, 4.69) is 39.2 Å². The Morgan fingerprint density at radius 1 is 1.24 bits per heavy atom. The van der Waals surface area contributed by atoms with Crippen molar-refractivity contribution in [2.45, 2.75) is 20.0 Å². The number of aryl methyl sites for hydroxylation is 1. The van der Waals surface area contributed by atoms with E-state index in [0.29, 0.717) is 13.2 Å². The molecule has 5 heteroatoms. The zero-order valence-electron chi connectivity index (χ0n) is 11.9. The van der Waals surface area contributed by atoms with Crippen molar-refractivity contribution in [1.82, 2.24) is 10.3 Å². The molecule has 0 radical (unpaired) electrons. The number of hydrogen-bond acceptors (Lipinski definition) is 4. The predicted molar refractivity (Wildman–Crippen MR) is 84.6 cm³/mol. The van der Waals surface area contributed by atoms with Gasteiger partial charge in [-0.1, -0.05) is 0 Å². The molecule has 110 valence electrons. The van der Waals surface area contributed by atoms with E-state index in [4.69, 9.17) is 9.47 Å². The van der Waals surface area contributed by atoms with Gasteiger partial charge in [0.2, 0.25) is 0 Å². The van der Waals surface area contributed by atoms with Crippen LogP contribution in [0.4, 0.5) is 0 Å². The number of nitrogens with zero attached hydrogens (tertiary/aromatic N) is 1. The van der Waals surface area contributed by atoms with Gasteiger partial charge in [0, 0.05) is 25.5 Å². The summed E-state index contributed by atoms with van der Waals surface area (Å²) in [5.74, 6) is 1.61. The van der Waals surface area contributed by atoms with Crippen molar-refractivity contribution in [3.63, 3.8) is 0 Å². The topological polar surface area (TPSA) is 43.4 Å². The van der Waals surface area contributed by atoms with E-state index in [9.17, 15) is 0 Å². The Labute approximate surface area is 132 Å². The van der Waals surface area contributed by atoms with Crippen LogP contribution in [-0.4, -0.2) is 18.2 Å². The summed E-state index contributed by atoms with van der Waals surface area (Å²) in [7, 11) is 0. The van der Waals surface area contributed by atoms with Gasteiger partial charge in [0.15, 0.2) is 11.5 Å². The number of benzene rings is 1. The highest BCUT2D eigenvalue weighted by atomic mass is 79.9. The molecule has 1 aliphatic rings. The molecule has 2 heterocycles. The average molecular weight is 349 g/mol. The Balaban J connectivity index is 1.66. The molecule has 0 aliphatic carbocycles. The lowest BCUT2D eigenvalue weighted by molar-refractivity contribution is 0.170. The molecule has 21 heavy (non-hydrogen) atoms. The number of ether oxygens (including phenoxy) is 2. The normalized spacial score (nSPS) is 13.2. The van der Waals surface area contributed by atoms with Crippen molar-refractivity contribution in [2.75, 3.05) is 13.2 Å². The van der Waals surface area contributed by atoms with Crippen LogP contribution in [0.3, 0.4) is 0 Å². The van der Waals surface area contributed by atoms with Crippen LogP contribution >= 0.6 is 15.9 Å². The number of aromatic nitrogens is 1. The molecule has 0 saturated heterocycles. The Morgan fingerprint density at radius 2 is 2.10 bits per heavy atom. The third-order valence-corrected chi connectivity index (χ3v) is 4.03. The molecule has 0 fully saturated rings. The first-order valence-electron chi connectivity index (χ1n) is 6.92. The first-order chi connectivity index (χ1) is 10.2. The Hall–Kier alpha value is -1.59. The second kappa shape index (κ2) is 6.45. The summed E-state index contributed by atoms with van der Waals surface area (Å²) in [6.07, 6.45) is 3.71. The van der Waals surface area contributed by atoms with Crippen molar-refractivity contribution >= 4 is 15.9 Å². The lowest BCUT2D eigenvalue weighted by Crippen LogP contribution is -2.17. The summed E-state index contributed by atoms with van der Waals surface area (Å²) in [6, 6.07) is 6.15. The third kappa shape index (κ3) is 3.36. The minimum atomic E-state index is 0.602. The fourth-order valence-corrected chi connectivity index (χ4v) is 2.91. The molecule has 0 unspecified atom stereocenters. The van der Waals surface area contributed by atoms with E-state index in [-0.39, 0.29) is 0 Å². The fourth-order valence-electron chi connectivity index (χ4n) is 2.31. The summed E-state index contributed by atoms with van der Waals surface area (Å²) < 4.78 is 12.2. The fraction of sp³-hybridized carbons (Fsp3) is 0.312. The second-order valence-electron chi connectivity index (χ2n) is 5.01. The molecule has 1 N–H and O–H groups in total. The van der Waals surface area contributed by atoms with E-state index in [1.54, 1.807) is 0 Å². The number of rotatable bonds is 4. The van der Waals surface area contributed by atoms with Crippen LogP contribution in [0.25, 0.3) is 0 Å². The molecule has 0 spiro atoms. The van der Waals surface area contributed by atoms with Crippen LogP contribution in [0.5, 0.6) is 11.5 Å². The zero-order chi connectivity index (χ0) is 14.7. The van der Waals surface area contributed by atoms with Gasteiger partial charge < -0.3 is 14.8 Å². The summed E-state index contributed by atoms with van der Waals surface area (Å²) in [6.45, 7) is 4.87. The number of halogens is 1. The smallest absolute Gasteiger partial charge is 0.175 e. The highest BCUT2D eigenvalue weighted by Crippen LogP contribution is 2.38. The molecular formula is C16H17BrN2O2. The SMILES string of the molecule is Cc1cnccc1CNCc1cc(Br)c2c(c1)OCCO2. The number of pyridine rings is 1. The van der Waals surface area contributed by atoms with Crippen LogP contribution in [0, 0.1) is 6.92 Å². The highest BCUT2D eigenvalue weighted by Gasteiger charge is 2.16. The first kappa shape index (κ1) is 14.4. The maximum atomic E-state index is 5.64. The zero-order valence-corrected chi connectivity index (χ0v) is 13.4. The molecule has 4 nitrogen and oxygen atoms in total. The molecule has 0 bridgehead atoms. The number of hydrogen-bond donors (Lipinski definition) is 1. The quantitative estimate of drug-likeness (QED) is 0.921. The molecular weight excluding hydrogens is 332 g/mol. The van der Waals surface area contributed by atoms with Crippen molar-refractivity contribution < 1.29 is 9.47 Å². The monoisotopic (exact) mass is 348 g/mol. The molecule has 1 aromatic carbocycles. The van der Waals surface area contributed by atoms with Gasteiger partial charge in [0.1, 0.15) is 13.2 Å². The number of fused-ring (bicyclic) bond motifs is 1. The maximum Gasteiger partial charge on any atom is 0.175 e. The predicted octanol–water partition coefficient (Wildman–Crippen LogP) is 3.21. The van der Waals surface area contributed by atoms with E-state index in [0.717, 1.165) is 34.6 Å². The Kier molecular flexibility index (Phi) is 4.41. The van der Waals surface area contributed by atoms with Gasteiger partial charge in [-0.2, -0.15) is 0 Å². The Morgan fingerprint density at radius 3 is 2.95 bits per heavy atom. The second-order valence-corrected chi connectivity index (χ2v) is 5.86.